The maximum atomic E-state index is 6.83. The molecule has 0 N–H and O–H groups in total. The molecule has 3 heteroatoms. The van der Waals surface area contributed by atoms with Crippen LogP contribution in [0.3, 0.4) is 0 Å². The van der Waals surface area contributed by atoms with Crippen LogP contribution in [0.5, 0.6) is 5.75 Å². The highest BCUT2D eigenvalue weighted by molar-refractivity contribution is 5.57. The van der Waals surface area contributed by atoms with Gasteiger partial charge in [-0.1, -0.05) is 74.0 Å². The number of hydrogen-bond acceptors (Lipinski definition) is 3. The van der Waals surface area contributed by atoms with E-state index in [-0.39, 0.29) is 11.8 Å². The zero-order chi connectivity index (χ0) is 21.8. The molecule has 4 rings (SSSR count). The van der Waals surface area contributed by atoms with Crippen molar-refractivity contribution in [2.45, 2.75) is 64.3 Å². The zero-order valence-corrected chi connectivity index (χ0v) is 19.5. The second-order valence-electron chi connectivity index (χ2n) is 9.79. The summed E-state index contributed by atoms with van der Waals surface area (Å²) in [4.78, 5) is 2.59. The normalized spacial score (nSPS) is 28.4. The quantitative estimate of drug-likeness (QED) is 0.557. The van der Waals surface area contributed by atoms with Gasteiger partial charge in [-0.3, -0.25) is 4.90 Å². The Balaban J connectivity index is 1.58. The summed E-state index contributed by atoms with van der Waals surface area (Å²) in [6.45, 7) is 8.10. The zero-order valence-electron chi connectivity index (χ0n) is 19.5. The summed E-state index contributed by atoms with van der Waals surface area (Å²) < 4.78 is 12.3. The molecule has 0 radical (unpaired) electrons. The summed E-state index contributed by atoms with van der Waals surface area (Å²) >= 11 is 0. The lowest BCUT2D eigenvalue weighted by molar-refractivity contribution is -0.229. The van der Waals surface area contributed by atoms with E-state index in [0.29, 0.717) is 12.0 Å². The molecule has 1 heterocycles. The van der Waals surface area contributed by atoms with Crippen molar-refractivity contribution in [2.75, 3.05) is 13.7 Å². The van der Waals surface area contributed by atoms with Gasteiger partial charge < -0.3 is 9.47 Å². The first-order chi connectivity index (χ1) is 15.0. The third-order valence-electron chi connectivity index (χ3n) is 7.37. The maximum Gasteiger partial charge on any atom is 0.126 e. The lowest BCUT2D eigenvalue weighted by Gasteiger charge is -2.57. The molecule has 1 saturated heterocycles. The Morgan fingerprint density at radius 2 is 1.81 bits per heavy atom. The molecule has 0 unspecified atom stereocenters. The van der Waals surface area contributed by atoms with E-state index >= 15 is 0 Å². The van der Waals surface area contributed by atoms with Crippen molar-refractivity contribution in [2.24, 2.45) is 11.8 Å². The average molecular weight is 420 g/mol. The molecule has 2 fully saturated rings. The first-order valence-corrected chi connectivity index (χ1v) is 11.7. The first kappa shape index (κ1) is 22.1. The smallest absolute Gasteiger partial charge is 0.126 e. The van der Waals surface area contributed by atoms with Crippen molar-refractivity contribution in [1.29, 1.82) is 0 Å². The molecule has 166 valence electrons. The Morgan fingerprint density at radius 1 is 1.06 bits per heavy atom. The number of nitrogens with zero attached hydrogens (tertiary/aromatic N) is 1. The van der Waals surface area contributed by atoms with Gasteiger partial charge in [0.2, 0.25) is 0 Å². The van der Waals surface area contributed by atoms with Crippen molar-refractivity contribution in [3.8, 4) is 5.75 Å². The van der Waals surface area contributed by atoms with Gasteiger partial charge in [-0.05, 0) is 44.2 Å². The number of ether oxygens (including phenoxy) is 2. The molecule has 31 heavy (non-hydrogen) atoms. The Kier molecular flexibility index (Phi) is 6.83. The molecule has 2 aliphatic rings. The number of rotatable bonds is 6. The van der Waals surface area contributed by atoms with Gasteiger partial charge in [-0.2, -0.15) is 0 Å². The third-order valence-corrected chi connectivity index (χ3v) is 7.37. The summed E-state index contributed by atoms with van der Waals surface area (Å²) in [6.07, 6.45) is 9.57. The molecule has 3 nitrogen and oxygen atoms in total. The van der Waals surface area contributed by atoms with Gasteiger partial charge in [-0.25, -0.2) is 0 Å². The van der Waals surface area contributed by atoms with E-state index in [1.54, 1.807) is 7.11 Å². The van der Waals surface area contributed by atoms with Crippen LogP contribution in [0, 0.1) is 11.8 Å². The Hall–Kier alpha value is -2.10. The molecule has 1 aliphatic heterocycles. The highest BCUT2D eigenvalue weighted by atomic mass is 16.5. The summed E-state index contributed by atoms with van der Waals surface area (Å²) in [7, 11) is 1.73. The lowest BCUT2D eigenvalue weighted by Crippen LogP contribution is -2.65. The van der Waals surface area contributed by atoms with E-state index in [1.807, 2.05) is 12.1 Å². The second kappa shape index (κ2) is 9.58. The van der Waals surface area contributed by atoms with Gasteiger partial charge in [0.1, 0.15) is 12.0 Å². The predicted molar refractivity (Wildman–Crippen MR) is 128 cm³/mol. The van der Waals surface area contributed by atoms with E-state index < -0.39 is 0 Å². The summed E-state index contributed by atoms with van der Waals surface area (Å²) in [5.41, 5.74) is 2.54. The van der Waals surface area contributed by atoms with Crippen LogP contribution in [0.25, 0.3) is 6.08 Å². The van der Waals surface area contributed by atoms with Crippen LogP contribution >= 0.6 is 0 Å². The molecule has 1 aliphatic carbocycles. The van der Waals surface area contributed by atoms with Crippen LogP contribution in [0.15, 0.2) is 60.7 Å². The first-order valence-electron chi connectivity index (χ1n) is 11.7. The Bertz CT molecular complexity index is 876. The van der Waals surface area contributed by atoms with Crippen LogP contribution in [-0.2, 0) is 11.2 Å². The fourth-order valence-corrected chi connectivity index (χ4v) is 5.57. The van der Waals surface area contributed by atoms with E-state index in [4.69, 9.17) is 9.47 Å². The maximum absolute atomic E-state index is 6.83. The number of fused-ring (bicyclic) bond motifs is 1. The summed E-state index contributed by atoms with van der Waals surface area (Å²) in [5.74, 6) is 2.25. The third kappa shape index (κ3) is 4.88. The molecule has 0 aromatic heterocycles. The van der Waals surface area contributed by atoms with E-state index in [9.17, 15) is 0 Å². The monoisotopic (exact) mass is 419 g/mol. The van der Waals surface area contributed by atoms with Crippen LogP contribution in [0.4, 0.5) is 0 Å². The molecule has 0 spiro atoms. The highest BCUT2D eigenvalue weighted by Crippen LogP contribution is 2.45. The van der Waals surface area contributed by atoms with E-state index in [0.717, 1.165) is 30.2 Å². The standard InChI is InChI=1S/C28H37NO2/c1-21-16-17-24-26(19-21)31-27(20-22-11-6-5-7-12-22)29(28(24,2)3)18-10-14-23-13-8-9-15-25(23)30-4/h5-15,21,24,26-27H,16-20H2,1-4H3/b14-10+/t21-,24-,26-,27+/m1/s1. The molecule has 2 aromatic carbocycles. The lowest BCUT2D eigenvalue weighted by atomic mass is 9.69. The molecule has 1 saturated carbocycles. The fourth-order valence-electron chi connectivity index (χ4n) is 5.57. The molecule has 0 amide bonds. The van der Waals surface area contributed by atoms with Crippen molar-refractivity contribution < 1.29 is 9.47 Å². The minimum absolute atomic E-state index is 0.0891. The minimum atomic E-state index is 0.0891. The molecule has 2 aromatic rings. The van der Waals surface area contributed by atoms with Crippen molar-refractivity contribution >= 4 is 6.08 Å². The molecule has 0 bridgehead atoms. The number of hydrogen-bond donors (Lipinski definition) is 0. The van der Waals surface area contributed by atoms with Gasteiger partial charge in [0.15, 0.2) is 0 Å². The van der Waals surface area contributed by atoms with Crippen molar-refractivity contribution in [1.82, 2.24) is 4.90 Å². The molecular weight excluding hydrogens is 382 g/mol. The van der Waals surface area contributed by atoms with Gasteiger partial charge in [0, 0.05) is 30.0 Å². The van der Waals surface area contributed by atoms with Gasteiger partial charge in [0.05, 0.1) is 13.2 Å². The largest absolute Gasteiger partial charge is 0.496 e. The highest BCUT2D eigenvalue weighted by Gasteiger charge is 2.49. The summed E-state index contributed by atoms with van der Waals surface area (Å²) in [6, 6.07) is 19.0. The number of benzene rings is 2. The number of methoxy groups -OCH3 is 1. The fraction of sp³-hybridized carbons (Fsp3) is 0.500. The Morgan fingerprint density at radius 3 is 2.58 bits per heavy atom. The van der Waals surface area contributed by atoms with Crippen LogP contribution in [0.1, 0.15) is 51.2 Å². The van der Waals surface area contributed by atoms with Gasteiger partial charge in [-0.15, -0.1) is 0 Å². The minimum Gasteiger partial charge on any atom is -0.496 e. The van der Waals surface area contributed by atoms with E-state index in [1.165, 1.54) is 24.8 Å². The average Bonchev–Trinajstić information content (AvgIpc) is 2.76. The predicted octanol–water partition coefficient (Wildman–Crippen LogP) is 6.19. The topological polar surface area (TPSA) is 21.7 Å². The SMILES string of the molecule is COc1ccccc1/C=C/CN1[C@H](Cc2ccccc2)O[C@@H]2C[C@H](C)CC[C@H]2C1(C)C. The van der Waals surface area contributed by atoms with Gasteiger partial charge >= 0.3 is 0 Å². The van der Waals surface area contributed by atoms with Crippen LogP contribution in [-0.4, -0.2) is 36.4 Å². The van der Waals surface area contributed by atoms with Crippen LogP contribution in [0.2, 0.25) is 0 Å². The summed E-state index contributed by atoms with van der Waals surface area (Å²) in [5, 5.41) is 0. The van der Waals surface area contributed by atoms with Gasteiger partial charge in [0.25, 0.3) is 0 Å². The van der Waals surface area contributed by atoms with E-state index in [2.05, 4.69) is 80.3 Å². The van der Waals surface area contributed by atoms with Crippen LogP contribution < -0.4 is 4.74 Å². The molecule has 4 atom stereocenters. The van der Waals surface area contributed by atoms with Crippen molar-refractivity contribution in [3.63, 3.8) is 0 Å². The van der Waals surface area contributed by atoms with Crippen molar-refractivity contribution in [3.05, 3.63) is 71.8 Å². The Labute approximate surface area is 188 Å². The number of para-hydroxylation sites is 1. The molecular formula is C28H37NO2. The second-order valence-corrected chi connectivity index (χ2v) is 9.79.